The minimum Gasteiger partial charge on any atom is -0.191 e. The first-order valence-electron chi connectivity index (χ1n) is 4.94. The third kappa shape index (κ3) is 3.55. The van der Waals surface area contributed by atoms with Gasteiger partial charge in [-0.3, -0.25) is 0 Å². The largest absolute Gasteiger partial charge is 0.460 e. The Hall–Kier alpha value is -0.710. The number of hydrogen-bond donors (Lipinski definition) is 0. The van der Waals surface area contributed by atoms with Gasteiger partial charge in [0.15, 0.2) is 0 Å². The maximum atomic E-state index is 13.1. The average molecular weight is 360 g/mol. The molecule has 0 radical (unpaired) electrons. The second-order valence-corrected chi connectivity index (χ2v) is 5.96. The molecule has 1 aromatic rings. The maximum Gasteiger partial charge on any atom is 0.460 e. The third-order valence-corrected chi connectivity index (χ3v) is 4.57. The number of hydrogen-bond acceptors (Lipinski definition) is 2. The Morgan fingerprint density at radius 3 is 1.57 bits per heavy atom. The molecule has 0 fully saturated rings. The van der Waals surface area contributed by atoms with Gasteiger partial charge in [0.25, 0.3) is 0 Å². The first kappa shape index (κ1) is 18.3. The van der Waals surface area contributed by atoms with Crippen LogP contribution in [0.25, 0.3) is 0 Å². The van der Waals surface area contributed by atoms with Crippen molar-refractivity contribution in [2.75, 3.05) is 0 Å². The Bertz CT molecular complexity index is 469. The zero-order valence-corrected chi connectivity index (χ0v) is 11.2. The van der Waals surface area contributed by atoms with Crippen LogP contribution in [-0.4, -0.2) is 23.3 Å². The molecule has 0 aliphatic heterocycles. The van der Waals surface area contributed by atoms with E-state index in [1.807, 2.05) is 0 Å². The summed E-state index contributed by atoms with van der Waals surface area (Å²) in [6.07, 6.45) is -6.79. The molecule has 0 unspecified atom stereocenters. The highest BCUT2D eigenvalue weighted by molar-refractivity contribution is 8.77. The molecular formula is C10H5F9S2. The molecule has 0 saturated heterocycles. The molecule has 0 atom stereocenters. The molecule has 0 aromatic heterocycles. The van der Waals surface area contributed by atoms with Gasteiger partial charge in [-0.2, -0.15) is 39.5 Å². The van der Waals surface area contributed by atoms with Crippen LogP contribution >= 0.6 is 21.6 Å². The summed E-state index contributed by atoms with van der Waals surface area (Å²) < 4.78 is 113. The molecule has 11 heteroatoms. The summed E-state index contributed by atoms with van der Waals surface area (Å²) in [5.41, 5.74) is 0. The van der Waals surface area contributed by atoms with E-state index in [-0.39, 0.29) is 15.7 Å². The monoisotopic (exact) mass is 360 g/mol. The Labute approximate surface area is 120 Å². The highest BCUT2D eigenvalue weighted by atomic mass is 33.1. The first-order valence-corrected chi connectivity index (χ1v) is 7.09. The van der Waals surface area contributed by atoms with E-state index in [1.165, 1.54) is 30.3 Å². The van der Waals surface area contributed by atoms with E-state index in [1.54, 1.807) is 0 Å². The van der Waals surface area contributed by atoms with Crippen LogP contribution in [0.15, 0.2) is 35.2 Å². The molecular weight excluding hydrogens is 355 g/mol. The molecule has 1 aromatic carbocycles. The van der Waals surface area contributed by atoms with Gasteiger partial charge in [-0.15, -0.1) is 0 Å². The van der Waals surface area contributed by atoms with E-state index in [0.29, 0.717) is 0 Å². The molecule has 0 spiro atoms. The lowest BCUT2D eigenvalue weighted by molar-refractivity contribution is -0.380. The topological polar surface area (TPSA) is 0 Å². The second kappa shape index (κ2) is 5.82. The predicted molar refractivity (Wildman–Crippen MR) is 60.8 cm³/mol. The van der Waals surface area contributed by atoms with Gasteiger partial charge in [-0.1, -0.05) is 29.0 Å². The van der Waals surface area contributed by atoms with Gasteiger partial charge in [0.05, 0.1) is 0 Å². The lowest BCUT2D eigenvalue weighted by atomic mass is 10.1. The SMILES string of the molecule is FC(F)(F)C(F)(F)C(F)(F)C(F)(F)SSc1ccccc1. The summed E-state index contributed by atoms with van der Waals surface area (Å²) >= 11 is 0. The summed E-state index contributed by atoms with van der Waals surface area (Å²) in [6.45, 7) is 0. The van der Waals surface area contributed by atoms with E-state index in [9.17, 15) is 39.5 Å². The van der Waals surface area contributed by atoms with Gasteiger partial charge >= 0.3 is 23.3 Å². The van der Waals surface area contributed by atoms with Crippen molar-refractivity contribution < 1.29 is 39.5 Å². The van der Waals surface area contributed by atoms with E-state index < -0.39 is 34.1 Å². The van der Waals surface area contributed by atoms with Crippen molar-refractivity contribution in [2.45, 2.75) is 28.2 Å². The molecule has 21 heavy (non-hydrogen) atoms. The predicted octanol–water partition coefficient (Wildman–Crippen LogP) is 5.85. The van der Waals surface area contributed by atoms with Crippen LogP contribution in [0.4, 0.5) is 39.5 Å². The first-order chi connectivity index (χ1) is 9.33. The highest BCUT2D eigenvalue weighted by Crippen LogP contribution is 2.59. The zero-order chi connectivity index (χ0) is 16.5. The van der Waals surface area contributed by atoms with Crippen LogP contribution in [0.5, 0.6) is 0 Å². The standard InChI is InChI=1S/C10H5F9S2/c11-7(12,9(15,16)17)8(13,14)10(18,19)21-20-6-4-2-1-3-5-6/h1-5H. The summed E-state index contributed by atoms with van der Waals surface area (Å²) in [5, 5.41) is -5.63. The Balaban J connectivity index is 2.94. The van der Waals surface area contributed by atoms with E-state index in [0.717, 1.165) is 0 Å². The Morgan fingerprint density at radius 2 is 1.14 bits per heavy atom. The fourth-order valence-corrected chi connectivity index (χ4v) is 2.94. The van der Waals surface area contributed by atoms with Crippen molar-refractivity contribution in [2.24, 2.45) is 0 Å². The van der Waals surface area contributed by atoms with Gasteiger partial charge in [0.1, 0.15) is 0 Å². The van der Waals surface area contributed by atoms with Crippen LogP contribution < -0.4 is 0 Å². The molecule has 0 aliphatic carbocycles. The fraction of sp³-hybridized carbons (Fsp3) is 0.400. The maximum absolute atomic E-state index is 13.1. The third-order valence-electron chi connectivity index (χ3n) is 2.10. The molecule has 0 saturated carbocycles. The fourth-order valence-electron chi connectivity index (χ4n) is 0.990. The average Bonchev–Trinajstić information content (AvgIpc) is 2.36. The summed E-state index contributed by atoms with van der Waals surface area (Å²) in [5.74, 6) is -13.4. The molecule has 0 heterocycles. The lowest BCUT2D eigenvalue weighted by Crippen LogP contribution is -2.59. The van der Waals surface area contributed by atoms with Gasteiger partial charge in [-0.05, 0) is 22.9 Å². The number of rotatable bonds is 5. The number of halogens is 9. The smallest absolute Gasteiger partial charge is 0.191 e. The minimum atomic E-state index is -6.85. The minimum absolute atomic E-state index is 0.00620. The molecule has 0 N–H and O–H groups in total. The second-order valence-electron chi connectivity index (χ2n) is 3.64. The van der Waals surface area contributed by atoms with Crippen molar-refractivity contribution in [3.05, 3.63) is 30.3 Å². The highest BCUT2D eigenvalue weighted by Gasteiger charge is 2.82. The Kier molecular flexibility index (Phi) is 5.09. The number of benzene rings is 1. The van der Waals surface area contributed by atoms with Gasteiger partial charge in [0.2, 0.25) is 0 Å². The zero-order valence-electron chi connectivity index (χ0n) is 9.60. The van der Waals surface area contributed by atoms with Crippen molar-refractivity contribution in [3.63, 3.8) is 0 Å². The van der Waals surface area contributed by atoms with Crippen LogP contribution in [0.3, 0.4) is 0 Å². The van der Waals surface area contributed by atoms with Crippen molar-refractivity contribution >= 4 is 21.6 Å². The normalized spacial score (nSPS) is 14.3. The summed E-state index contributed by atoms with van der Waals surface area (Å²) in [7, 11) is -1.10. The molecule has 0 aliphatic rings. The van der Waals surface area contributed by atoms with Crippen LogP contribution in [-0.2, 0) is 0 Å². The summed E-state index contributed by atoms with van der Waals surface area (Å²) in [6, 6.07) is 6.58. The molecule has 120 valence electrons. The van der Waals surface area contributed by atoms with Gasteiger partial charge in [-0.25, -0.2) is 0 Å². The quantitative estimate of drug-likeness (QED) is 0.477. The van der Waals surface area contributed by atoms with Gasteiger partial charge < -0.3 is 0 Å². The molecule has 0 bridgehead atoms. The van der Waals surface area contributed by atoms with Crippen LogP contribution in [0, 0.1) is 0 Å². The van der Waals surface area contributed by atoms with E-state index in [2.05, 4.69) is 0 Å². The van der Waals surface area contributed by atoms with Crippen molar-refractivity contribution in [1.82, 2.24) is 0 Å². The van der Waals surface area contributed by atoms with Gasteiger partial charge in [0, 0.05) is 4.90 Å². The molecule has 0 amide bonds. The number of alkyl halides is 9. The van der Waals surface area contributed by atoms with E-state index in [4.69, 9.17) is 0 Å². The molecule has 0 nitrogen and oxygen atoms in total. The Morgan fingerprint density at radius 1 is 0.667 bits per heavy atom. The van der Waals surface area contributed by atoms with E-state index >= 15 is 0 Å². The van der Waals surface area contributed by atoms with Crippen molar-refractivity contribution in [3.8, 4) is 0 Å². The van der Waals surface area contributed by atoms with Crippen LogP contribution in [0.1, 0.15) is 0 Å². The van der Waals surface area contributed by atoms with Crippen molar-refractivity contribution in [1.29, 1.82) is 0 Å². The molecule has 1 rings (SSSR count). The lowest BCUT2D eigenvalue weighted by Gasteiger charge is -2.32. The summed E-state index contributed by atoms with van der Waals surface area (Å²) in [4.78, 5) is -0.00620. The van der Waals surface area contributed by atoms with Crippen LogP contribution in [0.2, 0.25) is 0 Å².